The Morgan fingerprint density at radius 2 is 1.37 bits per heavy atom. The first-order valence-corrected chi connectivity index (χ1v) is 26.1. The van der Waals surface area contributed by atoms with Crippen LogP contribution in [0.1, 0.15) is 196 Å². The molecular formula is C56H87BO11. The lowest BCUT2D eigenvalue weighted by molar-refractivity contribution is -0.167. The molecule has 0 aromatic heterocycles. The van der Waals surface area contributed by atoms with Crippen LogP contribution in [0, 0.1) is 65.6 Å². The van der Waals surface area contributed by atoms with Gasteiger partial charge in [-0.3, -0.25) is 28.8 Å². The number of carbonyl (C=O) groups excluding carboxylic acids is 6. The SMILES string of the molecule is BC12CCC3C[C@H](OC(=O)CC(C)(C)c4c(C)cc(C)cc4OC(=O)CC(C)CC(=O)OC(COC(=O)CCC(C)C)COC(=O)CCC(C)(C)C)CCC3(C)C1CCC1(C)C(C(C)=O)CCC21. The van der Waals surface area contributed by atoms with Gasteiger partial charge in [-0.15, -0.1) is 0 Å². The zero-order valence-electron chi connectivity index (χ0n) is 44.5. The normalized spacial score (nSPS) is 28.8. The Bertz CT molecular complexity index is 2000. The van der Waals surface area contributed by atoms with Crippen LogP contribution in [0.5, 0.6) is 5.75 Å². The highest BCUT2D eigenvalue weighted by Crippen LogP contribution is 2.74. The summed E-state index contributed by atoms with van der Waals surface area (Å²) >= 11 is 0. The molecule has 11 nitrogen and oxygen atoms in total. The Balaban J connectivity index is 1.16. The van der Waals surface area contributed by atoms with Crippen LogP contribution >= 0.6 is 0 Å². The number of fused-ring (bicyclic) bond motifs is 5. The van der Waals surface area contributed by atoms with Crippen molar-refractivity contribution in [3.8, 4) is 5.75 Å². The smallest absolute Gasteiger partial charge is 0.311 e. The second kappa shape index (κ2) is 22.2. The highest BCUT2D eigenvalue weighted by Gasteiger charge is 2.65. The minimum atomic E-state index is -0.999. The third kappa shape index (κ3) is 13.6. The lowest BCUT2D eigenvalue weighted by Gasteiger charge is -2.66. The summed E-state index contributed by atoms with van der Waals surface area (Å²) in [6.07, 6.45) is 10.0. The Morgan fingerprint density at radius 3 is 2.00 bits per heavy atom. The van der Waals surface area contributed by atoms with Gasteiger partial charge in [0.05, 0.1) is 6.42 Å². The maximum absolute atomic E-state index is 13.9. The molecule has 0 amide bonds. The van der Waals surface area contributed by atoms with Gasteiger partial charge in [-0.1, -0.05) is 87.0 Å². The van der Waals surface area contributed by atoms with E-state index in [0.717, 1.165) is 61.6 Å². The molecule has 5 rings (SSSR count). The first-order valence-electron chi connectivity index (χ1n) is 26.1. The van der Waals surface area contributed by atoms with Crippen molar-refractivity contribution in [3.05, 3.63) is 28.8 Å². The number of esters is 5. The van der Waals surface area contributed by atoms with Crippen molar-refractivity contribution in [1.29, 1.82) is 0 Å². The molecule has 0 aliphatic heterocycles. The number of rotatable bonds is 20. The summed E-state index contributed by atoms with van der Waals surface area (Å²) in [6.45, 7) is 25.9. The molecule has 0 heterocycles. The van der Waals surface area contributed by atoms with Gasteiger partial charge in [0.1, 0.15) is 38.7 Å². The molecule has 0 bridgehead atoms. The lowest BCUT2D eigenvalue weighted by Crippen LogP contribution is -2.57. The van der Waals surface area contributed by atoms with E-state index in [-0.39, 0.29) is 84.9 Å². The van der Waals surface area contributed by atoms with E-state index in [1.807, 2.05) is 74.4 Å². The molecule has 4 fully saturated rings. The number of carbonyl (C=O) groups is 6. The number of hydrogen-bond acceptors (Lipinski definition) is 11. The lowest BCUT2D eigenvalue weighted by atomic mass is 9.33. The summed E-state index contributed by atoms with van der Waals surface area (Å²) in [5, 5.41) is 0.229. The van der Waals surface area contributed by atoms with Gasteiger partial charge in [0.2, 0.25) is 0 Å². The van der Waals surface area contributed by atoms with E-state index in [1.54, 1.807) is 13.8 Å². The molecule has 1 aromatic rings. The summed E-state index contributed by atoms with van der Waals surface area (Å²) in [4.78, 5) is 78.3. The predicted molar refractivity (Wildman–Crippen MR) is 266 cm³/mol. The zero-order valence-corrected chi connectivity index (χ0v) is 44.5. The second-order valence-corrected chi connectivity index (χ2v) is 25.0. The van der Waals surface area contributed by atoms with Crippen molar-refractivity contribution in [2.45, 2.75) is 216 Å². The van der Waals surface area contributed by atoms with Crippen molar-refractivity contribution in [3.63, 3.8) is 0 Å². The van der Waals surface area contributed by atoms with Crippen LogP contribution < -0.4 is 4.74 Å². The van der Waals surface area contributed by atoms with E-state index < -0.39 is 41.3 Å². The van der Waals surface area contributed by atoms with Gasteiger partial charge in [0, 0.05) is 42.6 Å². The monoisotopic (exact) mass is 947 g/mol. The molecule has 4 aliphatic rings. The molecule has 0 N–H and O–H groups in total. The molecule has 9 unspecified atom stereocenters. The summed E-state index contributed by atoms with van der Waals surface area (Å²) in [5.74, 6) is 0.202. The fourth-order valence-corrected chi connectivity index (χ4v) is 13.8. The summed E-state index contributed by atoms with van der Waals surface area (Å²) < 4.78 is 28.9. The highest BCUT2D eigenvalue weighted by molar-refractivity contribution is 6.16. The molecule has 0 saturated heterocycles. The van der Waals surface area contributed by atoms with Crippen LogP contribution in [-0.4, -0.2) is 68.9 Å². The fourth-order valence-electron chi connectivity index (χ4n) is 13.8. The molecular weight excluding hydrogens is 859 g/mol. The zero-order chi connectivity index (χ0) is 50.6. The number of ether oxygens (including phenoxy) is 5. The van der Waals surface area contributed by atoms with Crippen LogP contribution in [0.25, 0.3) is 0 Å². The van der Waals surface area contributed by atoms with E-state index in [2.05, 4.69) is 21.7 Å². The Labute approximate surface area is 409 Å². The Hall–Kier alpha value is -3.70. The molecule has 0 spiro atoms. The number of benzene rings is 1. The number of aryl methyl sites for hydroxylation is 2. The minimum Gasteiger partial charge on any atom is -0.462 e. The van der Waals surface area contributed by atoms with Crippen molar-refractivity contribution >= 4 is 43.5 Å². The maximum Gasteiger partial charge on any atom is 0.311 e. The van der Waals surface area contributed by atoms with Crippen molar-refractivity contribution in [1.82, 2.24) is 0 Å². The second-order valence-electron chi connectivity index (χ2n) is 25.0. The van der Waals surface area contributed by atoms with Crippen molar-refractivity contribution < 1.29 is 52.5 Å². The van der Waals surface area contributed by atoms with Gasteiger partial charge in [-0.05, 0) is 148 Å². The van der Waals surface area contributed by atoms with Crippen LogP contribution in [0.3, 0.4) is 0 Å². The minimum absolute atomic E-state index is 0.0615. The van der Waals surface area contributed by atoms with Gasteiger partial charge in [-0.2, -0.15) is 0 Å². The van der Waals surface area contributed by atoms with Gasteiger partial charge >= 0.3 is 29.8 Å². The van der Waals surface area contributed by atoms with E-state index in [0.29, 0.717) is 48.0 Å². The molecule has 0 radical (unpaired) electrons. The van der Waals surface area contributed by atoms with Crippen LogP contribution in [-0.2, 0) is 53.1 Å². The maximum atomic E-state index is 13.9. The highest BCUT2D eigenvalue weighted by atomic mass is 16.6. The Kier molecular flexibility index (Phi) is 18.0. The Morgan fingerprint density at radius 1 is 0.750 bits per heavy atom. The third-order valence-corrected chi connectivity index (χ3v) is 17.1. The first-order chi connectivity index (χ1) is 31.6. The quantitative estimate of drug-likeness (QED) is 0.0532. The molecule has 4 aliphatic carbocycles. The average Bonchev–Trinajstić information content (AvgIpc) is 3.58. The third-order valence-electron chi connectivity index (χ3n) is 17.1. The molecule has 12 heteroatoms. The van der Waals surface area contributed by atoms with Crippen LogP contribution in [0.15, 0.2) is 12.1 Å². The van der Waals surface area contributed by atoms with Crippen molar-refractivity contribution in [2.75, 3.05) is 13.2 Å². The van der Waals surface area contributed by atoms with E-state index in [1.165, 1.54) is 12.8 Å². The molecule has 68 heavy (non-hydrogen) atoms. The first kappa shape index (κ1) is 55.2. The molecule has 10 atom stereocenters. The number of hydrogen-bond donors (Lipinski definition) is 0. The molecule has 380 valence electrons. The van der Waals surface area contributed by atoms with Gasteiger partial charge in [-0.25, -0.2) is 0 Å². The molecule has 1 aromatic carbocycles. The van der Waals surface area contributed by atoms with Gasteiger partial charge in [0.25, 0.3) is 0 Å². The predicted octanol–water partition coefficient (Wildman–Crippen LogP) is 10.9. The number of Topliss-reactive ketones (excluding diaryl/α,β-unsaturated/α-hetero) is 1. The van der Waals surface area contributed by atoms with Crippen LogP contribution in [0.4, 0.5) is 0 Å². The van der Waals surface area contributed by atoms with Crippen molar-refractivity contribution in [2.24, 2.45) is 51.8 Å². The summed E-state index contributed by atoms with van der Waals surface area (Å²) in [5.41, 5.74) is 2.06. The van der Waals surface area contributed by atoms with E-state index in [9.17, 15) is 28.8 Å². The summed E-state index contributed by atoms with van der Waals surface area (Å²) in [7, 11) is 2.54. The summed E-state index contributed by atoms with van der Waals surface area (Å²) in [6, 6.07) is 3.84. The average molecular weight is 947 g/mol. The topological polar surface area (TPSA) is 149 Å². The standard InChI is InChI=1S/C56H87BO11/c1-34(2)14-17-46(59)64-32-41(33-65-47(60)21-22-52(7,8)9)67-48(61)28-36(4)29-49(62)68-43-27-35(3)26-37(5)51(43)53(10,11)31-50(63)66-40-19-23-54(12)39(30-40)18-25-56(57)44-16-15-42(38(6)58)55(44,13)24-20-45(54)56/h26-27,34,36,39-42,44-45H,14-25,28-33,57H2,1-13H3/t36?,39?,40-,41?,42?,44?,45?,54?,55?,56?/m1/s1. The van der Waals surface area contributed by atoms with Gasteiger partial charge < -0.3 is 23.7 Å². The molecule has 4 saturated carbocycles. The van der Waals surface area contributed by atoms with Crippen LogP contribution in [0.2, 0.25) is 5.31 Å². The van der Waals surface area contributed by atoms with E-state index >= 15 is 0 Å². The fraction of sp³-hybridized carbons (Fsp3) is 0.786. The van der Waals surface area contributed by atoms with E-state index in [4.69, 9.17) is 23.7 Å². The number of ketones is 1. The largest absolute Gasteiger partial charge is 0.462 e. The van der Waals surface area contributed by atoms with Gasteiger partial charge in [0.15, 0.2) is 6.10 Å².